The van der Waals surface area contributed by atoms with Crippen LogP contribution in [0.15, 0.2) is 30.3 Å². The monoisotopic (exact) mass is 451 g/mol. The number of benzene rings is 2. The summed E-state index contributed by atoms with van der Waals surface area (Å²) in [6.07, 6.45) is 1.88. The number of fused-ring (bicyclic) bond motifs is 1. The maximum atomic E-state index is 13.1. The number of amides is 2. The van der Waals surface area contributed by atoms with Crippen LogP contribution in [-0.2, 0) is 9.59 Å². The summed E-state index contributed by atoms with van der Waals surface area (Å²) in [5.41, 5.74) is 5.17. The van der Waals surface area contributed by atoms with Crippen LogP contribution in [0.25, 0.3) is 0 Å². The molecule has 1 saturated heterocycles. The summed E-state index contributed by atoms with van der Waals surface area (Å²) in [6.45, 7) is 8.20. The maximum Gasteiger partial charge on any atom is 0.238 e. The average molecular weight is 452 g/mol. The number of aryl methyl sites for hydroxylation is 3. The standard InChI is InChI=1S/C26H33N3O4/c1-17-12-18(2)26(19(3)13-17)27-24(30)15-28(4)16-25(31)29-9-5-6-21(29)20-7-8-22-23(14-20)33-11-10-32-22/h7-8,12-14,21H,5-6,9-11,15-16H2,1-4H3,(H,27,30)/t21-/m0/s1. The van der Waals surface area contributed by atoms with Crippen LogP contribution in [0.4, 0.5) is 5.69 Å². The summed E-state index contributed by atoms with van der Waals surface area (Å²) < 4.78 is 11.3. The van der Waals surface area contributed by atoms with Crippen molar-refractivity contribution in [3.63, 3.8) is 0 Å². The smallest absolute Gasteiger partial charge is 0.238 e. The van der Waals surface area contributed by atoms with Crippen molar-refractivity contribution in [2.24, 2.45) is 0 Å². The van der Waals surface area contributed by atoms with Crippen molar-refractivity contribution in [2.75, 3.05) is 45.2 Å². The fraction of sp³-hybridized carbons (Fsp3) is 0.462. The second-order valence-electron chi connectivity index (χ2n) is 9.14. The highest BCUT2D eigenvalue weighted by atomic mass is 16.6. The highest BCUT2D eigenvalue weighted by Gasteiger charge is 2.31. The summed E-state index contributed by atoms with van der Waals surface area (Å²) in [5.74, 6) is 1.41. The molecule has 2 aromatic carbocycles. The minimum absolute atomic E-state index is 0.0217. The van der Waals surface area contributed by atoms with Crippen LogP contribution in [0.5, 0.6) is 11.5 Å². The molecule has 1 atom stereocenters. The number of hydrogen-bond acceptors (Lipinski definition) is 5. The molecule has 33 heavy (non-hydrogen) atoms. The number of likely N-dealkylation sites (N-methyl/N-ethyl adjacent to an activating group) is 1. The molecule has 2 aromatic rings. The molecule has 2 heterocycles. The lowest BCUT2D eigenvalue weighted by molar-refractivity contribution is -0.133. The summed E-state index contributed by atoms with van der Waals surface area (Å²) in [5, 5.41) is 3.01. The molecule has 7 heteroatoms. The third kappa shape index (κ3) is 5.30. The zero-order valence-corrected chi connectivity index (χ0v) is 19.9. The van der Waals surface area contributed by atoms with E-state index in [1.54, 1.807) is 4.90 Å². The average Bonchev–Trinajstić information content (AvgIpc) is 3.26. The van der Waals surface area contributed by atoms with E-state index in [2.05, 4.69) is 17.4 Å². The van der Waals surface area contributed by atoms with Crippen LogP contribution in [0.1, 0.15) is 41.1 Å². The van der Waals surface area contributed by atoms with Gasteiger partial charge in [0.25, 0.3) is 0 Å². The van der Waals surface area contributed by atoms with Crippen LogP contribution in [-0.4, -0.2) is 61.5 Å². The molecule has 2 aliphatic rings. The Morgan fingerprint density at radius 1 is 1.03 bits per heavy atom. The number of anilines is 1. The van der Waals surface area contributed by atoms with Gasteiger partial charge in [-0.3, -0.25) is 14.5 Å². The second kappa shape index (κ2) is 9.83. The summed E-state index contributed by atoms with van der Waals surface area (Å²) >= 11 is 0. The Morgan fingerprint density at radius 2 is 1.73 bits per heavy atom. The first-order valence-corrected chi connectivity index (χ1v) is 11.6. The van der Waals surface area contributed by atoms with Gasteiger partial charge in [0.05, 0.1) is 19.1 Å². The fourth-order valence-corrected chi connectivity index (χ4v) is 4.86. The van der Waals surface area contributed by atoms with Crippen LogP contribution in [0.3, 0.4) is 0 Å². The largest absolute Gasteiger partial charge is 0.486 e. The summed E-state index contributed by atoms with van der Waals surface area (Å²) in [6, 6.07) is 10.1. The van der Waals surface area contributed by atoms with Crippen molar-refractivity contribution in [3.05, 3.63) is 52.6 Å². The first-order chi connectivity index (χ1) is 15.8. The molecule has 0 aromatic heterocycles. The van der Waals surface area contributed by atoms with Crippen LogP contribution in [0, 0.1) is 20.8 Å². The number of ether oxygens (including phenoxy) is 2. The lowest BCUT2D eigenvalue weighted by Crippen LogP contribution is -2.41. The van der Waals surface area contributed by atoms with Crippen molar-refractivity contribution in [1.29, 1.82) is 0 Å². The van der Waals surface area contributed by atoms with Gasteiger partial charge < -0.3 is 19.7 Å². The summed E-state index contributed by atoms with van der Waals surface area (Å²) in [4.78, 5) is 29.4. The molecule has 1 fully saturated rings. The van der Waals surface area contributed by atoms with E-state index in [9.17, 15) is 9.59 Å². The van der Waals surface area contributed by atoms with E-state index >= 15 is 0 Å². The van der Waals surface area contributed by atoms with Crippen molar-refractivity contribution in [2.45, 2.75) is 39.7 Å². The van der Waals surface area contributed by atoms with E-state index in [0.717, 1.165) is 53.3 Å². The van der Waals surface area contributed by atoms with E-state index in [0.29, 0.717) is 13.2 Å². The molecule has 0 saturated carbocycles. The lowest BCUT2D eigenvalue weighted by Gasteiger charge is -2.28. The third-order valence-corrected chi connectivity index (χ3v) is 6.28. The Hall–Kier alpha value is -3.06. The Bertz CT molecular complexity index is 1030. The number of likely N-dealkylation sites (tertiary alicyclic amines) is 1. The van der Waals surface area contributed by atoms with Gasteiger partial charge in [0.1, 0.15) is 13.2 Å². The molecule has 0 radical (unpaired) electrons. The number of nitrogens with one attached hydrogen (secondary N) is 1. The number of hydrogen-bond donors (Lipinski definition) is 1. The highest BCUT2D eigenvalue weighted by Crippen LogP contribution is 2.38. The first kappa shape index (κ1) is 23.1. The van der Waals surface area contributed by atoms with Gasteiger partial charge in [0.2, 0.25) is 11.8 Å². The zero-order valence-electron chi connectivity index (χ0n) is 19.9. The molecule has 0 aliphatic carbocycles. The molecule has 2 aliphatic heterocycles. The number of carbonyl (C=O) groups is 2. The molecular formula is C26H33N3O4. The minimum Gasteiger partial charge on any atom is -0.486 e. The summed E-state index contributed by atoms with van der Waals surface area (Å²) in [7, 11) is 1.81. The van der Waals surface area contributed by atoms with E-state index < -0.39 is 0 Å². The normalized spacial score (nSPS) is 17.4. The van der Waals surface area contributed by atoms with Crippen molar-refractivity contribution in [1.82, 2.24) is 9.80 Å². The SMILES string of the molecule is Cc1cc(C)c(NC(=O)CN(C)CC(=O)N2CCC[C@H]2c2ccc3c(c2)OCCO3)c(C)c1. The molecule has 0 spiro atoms. The van der Waals surface area contributed by atoms with E-state index in [4.69, 9.17) is 9.47 Å². The topological polar surface area (TPSA) is 71.1 Å². The molecule has 4 rings (SSSR count). The molecule has 0 bridgehead atoms. The predicted octanol–water partition coefficient (Wildman–Crippen LogP) is 3.62. The number of carbonyl (C=O) groups excluding carboxylic acids is 2. The fourth-order valence-electron chi connectivity index (χ4n) is 4.86. The number of nitrogens with zero attached hydrogens (tertiary/aromatic N) is 2. The van der Waals surface area contributed by atoms with Crippen molar-refractivity contribution < 1.29 is 19.1 Å². The maximum absolute atomic E-state index is 13.1. The van der Waals surface area contributed by atoms with E-state index in [1.807, 2.05) is 50.9 Å². The predicted molar refractivity (Wildman–Crippen MR) is 128 cm³/mol. The van der Waals surface area contributed by atoms with Crippen molar-refractivity contribution >= 4 is 17.5 Å². The van der Waals surface area contributed by atoms with Crippen LogP contribution >= 0.6 is 0 Å². The molecule has 7 nitrogen and oxygen atoms in total. The molecule has 1 N–H and O–H groups in total. The highest BCUT2D eigenvalue weighted by molar-refractivity contribution is 5.94. The van der Waals surface area contributed by atoms with Gasteiger partial charge in [-0.2, -0.15) is 0 Å². The zero-order chi connectivity index (χ0) is 23.5. The Balaban J connectivity index is 1.36. The molecule has 176 valence electrons. The third-order valence-electron chi connectivity index (χ3n) is 6.28. The Kier molecular flexibility index (Phi) is 6.88. The van der Waals surface area contributed by atoms with E-state index in [1.165, 1.54) is 5.56 Å². The lowest BCUT2D eigenvalue weighted by atomic mass is 10.0. The van der Waals surface area contributed by atoms with E-state index in [-0.39, 0.29) is 30.9 Å². The van der Waals surface area contributed by atoms with Crippen molar-refractivity contribution in [3.8, 4) is 11.5 Å². The van der Waals surface area contributed by atoms with Gasteiger partial charge in [-0.15, -0.1) is 0 Å². The van der Waals surface area contributed by atoms with Gasteiger partial charge >= 0.3 is 0 Å². The molecule has 0 unspecified atom stereocenters. The second-order valence-corrected chi connectivity index (χ2v) is 9.14. The Morgan fingerprint density at radius 3 is 2.45 bits per heavy atom. The van der Waals surface area contributed by atoms with Crippen LogP contribution < -0.4 is 14.8 Å². The van der Waals surface area contributed by atoms with Gasteiger partial charge in [-0.1, -0.05) is 23.8 Å². The van der Waals surface area contributed by atoms with Gasteiger partial charge in [-0.05, 0) is 69.5 Å². The van der Waals surface area contributed by atoms with Gasteiger partial charge in [0.15, 0.2) is 11.5 Å². The number of rotatable bonds is 6. The Labute approximate surface area is 195 Å². The molecule has 2 amide bonds. The minimum atomic E-state index is -0.120. The quantitative estimate of drug-likeness (QED) is 0.727. The van der Waals surface area contributed by atoms with Gasteiger partial charge in [0, 0.05) is 12.2 Å². The van der Waals surface area contributed by atoms with Gasteiger partial charge in [-0.25, -0.2) is 0 Å². The van der Waals surface area contributed by atoms with Crippen LogP contribution in [0.2, 0.25) is 0 Å². The molecular weight excluding hydrogens is 418 g/mol. The first-order valence-electron chi connectivity index (χ1n) is 11.6.